The Morgan fingerprint density at radius 3 is 0.957 bits per heavy atom. The predicted molar refractivity (Wildman–Crippen MR) is 130 cm³/mol. The van der Waals surface area contributed by atoms with E-state index in [1.165, 1.54) is 19.3 Å². The molecule has 0 aliphatic heterocycles. The molecule has 0 N–H and O–H groups in total. The Bertz CT molecular complexity index is 1010. The molecule has 21 heteroatoms. The maximum absolute atomic E-state index is 14.0. The van der Waals surface area contributed by atoms with Crippen molar-refractivity contribution >= 4 is 10.1 Å². The van der Waals surface area contributed by atoms with Crippen LogP contribution in [0.15, 0.2) is 0 Å². The minimum Gasteiger partial charge on any atom is -0.265 e. The summed E-state index contributed by atoms with van der Waals surface area (Å²) in [6, 6.07) is 0. The quantitative estimate of drug-likeness (QED) is 0.0563. The molecule has 0 aromatic heterocycles. The monoisotopic (exact) mass is 738 g/mol. The van der Waals surface area contributed by atoms with Crippen molar-refractivity contribution in [2.75, 3.05) is 6.61 Å². The normalized spacial score (nSPS) is 15.1. The first-order valence-electron chi connectivity index (χ1n) is 14.2. The second kappa shape index (κ2) is 16.4. The first-order valence-corrected chi connectivity index (χ1v) is 15.6. The Balaban J connectivity index is 5.20. The van der Waals surface area contributed by atoms with E-state index in [0.717, 1.165) is 44.9 Å². The van der Waals surface area contributed by atoms with E-state index in [2.05, 4.69) is 11.1 Å². The average molecular weight is 739 g/mol. The molecule has 0 amide bonds. The summed E-state index contributed by atoms with van der Waals surface area (Å²) in [5, 5.41) is -7.62. The topological polar surface area (TPSA) is 43.4 Å². The highest BCUT2D eigenvalue weighted by Gasteiger charge is 2.96. The van der Waals surface area contributed by atoms with Crippen LogP contribution < -0.4 is 0 Å². The fourth-order valence-corrected chi connectivity index (χ4v) is 4.95. The van der Waals surface area contributed by atoms with Crippen LogP contribution in [0.5, 0.6) is 0 Å². The number of unbranched alkanes of at least 4 members (excludes halogenated alkanes) is 14. The minimum atomic E-state index is -8.85. The summed E-state index contributed by atoms with van der Waals surface area (Å²) in [7, 11) is -7.47. The Labute approximate surface area is 254 Å². The molecule has 0 bridgehead atoms. The van der Waals surface area contributed by atoms with Crippen molar-refractivity contribution in [3.63, 3.8) is 0 Å². The van der Waals surface area contributed by atoms with Gasteiger partial charge >= 0.3 is 57.1 Å². The summed E-state index contributed by atoms with van der Waals surface area (Å²) in [5.74, 6) is -51.7. The van der Waals surface area contributed by atoms with Crippen LogP contribution in [-0.4, -0.2) is 62.0 Å². The van der Waals surface area contributed by atoms with Crippen molar-refractivity contribution in [2.45, 2.75) is 150 Å². The Hall–Kier alpha value is -1.28. The molecule has 278 valence electrons. The Morgan fingerprint density at radius 2 is 0.652 bits per heavy atom. The molecule has 3 nitrogen and oxygen atoms in total. The number of hydrogen-bond donors (Lipinski definition) is 0. The van der Waals surface area contributed by atoms with E-state index in [1.807, 2.05) is 0 Å². The lowest BCUT2D eigenvalue weighted by Crippen LogP contribution is -2.75. The zero-order valence-corrected chi connectivity index (χ0v) is 25.2. The third-order valence-corrected chi connectivity index (χ3v) is 8.35. The maximum Gasteiger partial charge on any atom is 0.460 e. The number of alkyl halides is 17. The molecule has 0 aromatic rings. The first-order chi connectivity index (χ1) is 20.6. The SMILES string of the molecule is CCCCCCCCCCCCCCCCCOS(=O)(=O)C(F)(F)C(F)(F)C(F)(F)C(F)(F)C(F)(F)C(F)(F)C(F)(F)C(F)(F)F. The van der Waals surface area contributed by atoms with Crippen LogP contribution in [0.25, 0.3) is 0 Å². The van der Waals surface area contributed by atoms with Crippen LogP contribution in [-0.2, 0) is 14.3 Å². The number of hydrogen-bond acceptors (Lipinski definition) is 3. The summed E-state index contributed by atoms with van der Waals surface area (Å²) < 4.78 is 253. The standard InChI is InChI=1S/C25H35F17O3S/c1-2-3-4-5-6-7-8-9-10-11-12-13-14-15-16-17-45-46(43,44)25(41,42)23(36,37)21(32,33)19(28,29)18(26,27)20(30,31)22(34,35)24(38,39)40/h2-17H2,1H3. The molecular formula is C25H35F17O3S. The highest BCUT2D eigenvalue weighted by Crippen LogP contribution is 2.64. The zero-order chi connectivity index (χ0) is 36.5. The van der Waals surface area contributed by atoms with Gasteiger partial charge in [0.15, 0.2) is 0 Å². The molecule has 0 unspecified atom stereocenters. The van der Waals surface area contributed by atoms with Crippen LogP contribution in [0.4, 0.5) is 74.6 Å². The molecule has 0 fully saturated rings. The van der Waals surface area contributed by atoms with Gasteiger partial charge in [0.2, 0.25) is 0 Å². The van der Waals surface area contributed by atoms with Gasteiger partial charge in [0.25, 0.3) is 0 Å². The van der Waals surface area contributed by atoms with E-state index in [9.17, 15) is 83.1 Å². The highest BCUT2D eigenvalue weighted by molar-refractivity contribution is 7.87. The largest absolute Gasteiger partial charge is 0.460 e. The first kappa shape index (κ1) is 44.7. The van der Waals surface area contributed by atoms with Gasteiger partial charge in [-0.2, -0.15) is 83.1 Å². The third-order valence-electron chi connectivity index (χ3n) is 6.99. The molecule has 0 rings (SSSR count). The maximum atomic E-state index is 14.0. The molecule has 0 saturated carbocycles. The van der Waals surface area contributed by atoms with Gasteiger partial charge in [0.05, 0.1) is 6.61 Å². The molecule has 0 saturated heterocycles. The van der Waals surface area contributed by atoms with Crippen LogP contribution in [0.3, 0.4) is 0 Å². The van der Waals surface area contributed by atoms with E-state index in [-0.39, 0.29) is 6.42 Å². The van der Waals surface area contributed by atoms with Gasteiger partial charge in [0, 0.05) is 0 Å². The summed E-state index contributed by atoms with van der Waals surface area (Å²) in [4.78, 5) is 0. The van der Waals surface area contributed by atoms with Crippen molar-refractivity contribution in [2.24, 2.45) is 0 Å². The van der Waals surface area contributed by atoms with E-state index in [1.54, 1.807) is 0 Å². The molecule has 0 spiro atoms. The summed E-state index contributed by atoms with van der Waals surface area (Å²) >= 11 is 0. The van der Waals surface area contributed by atoms with Crippen LogP contribution >= 0.6 is 0 Å². The van der Waals surface area contributed by atoms with Crippen molar-refractivity contribution in [3.05, 3.63) is 0 Å². The van der Waals surface area contributed by atoms with Gasteiger partial charge < -0.3 is 0 Å². The van der Waals surface area contributed by atoms with Crippen LogP contribution in [0.1, 0.15) is 103 Å². The van der Waals surface area contributed by atoms with Gasteiger partial charge in [0.1, 0.15) is 0 Å². The van der Waals surface area contributed by atoms with E-state index >= 15 is 0 Å². The highest BCUT2D eigenvalue weighted by atomic mass is 32.2. The van der Waals surface area contributed by atoms with Crippen LogP contribution in [0, 0.1) is 0 Å². The molecule has 0 aliphatic carbocycles. The predicted octanol–water partition coefficient (Wildman–Crippen LogP) is 11.2. The number of halogens is 17. The number of rotatable bonds is 24. The minimum absolute atomic E-state index is 0.0157. The van der Waals surface area contributed by atoms with Crippen molar-refractivity contribution in [1.82, 2.24) is 0 Å². The van der Waals surface area contributed by atoms with Gasteiger partial charge in [-0.1, -0.05) is 96.8 Å². The molecule has 0 aliphatic rings. The molecule has 0 aromatic carbocycles. The van der Waals surface area contributed by atoms with E-state index < -0.39 is 70.1 Å². The van der Waals surface area contributed by atoms with Crippen molar-refractivity contribution in [1.29, 1.82) is 0 Å². The fourth-order valence-electron chi connectivity index (χ4n) is 4.02. The summed E-state index contributed by atoms with van der Waals surface area (Å²) in [5.41, 5.74) is 0. The molecule has 0 atom stereocenters. The van der Waals surface area contributed by atoms with Crippen molar-refractivity contribution in [3.8, 4) is 0 Å². The van der Waals surface area contributed by atoms with Crippen LogP contribution in [0.2, 0.25) is 0 Å². The zero-order valence-electron chi connectivity index (χ0n) is 24.4. The van der Waals surface area contributed by atoms with Gasteiger partial charge in [-0.25, -0.2) is 0 Å². The second-order valence-corrected chi connectivity index (χ2v) is 12.3. The van der Waals surface area contributed by atoms with Gasteiger partial charge in [-0.3, -0.25) is 4.18 Å². The van der Waals surface area contributed by atoms with Gasteiger partial charge in [-0.15, -0.1) is 0 Å². The molecule has 0 radical (unpaired) electrons. The lowest BCUT2D eigenvalue weighted by molar-refractivity contribution is -0.458. The lowest BCUT2D eigenvalue weighted by atomic mass is 9.91. The molecule has 46 heavy (non-hydrogen) atoms. The van der Waals surface area contributed by atoms with E-state index in [0.29, 0.717) is 19.3 Å². The van der Waals surface area contributed by atoms with Gasteiger partial charge in [-0.05, 0) is 6.42 Å². The lowest BCUT2D eigenvalue weighted by Gasteiger charge is -2.42. The Morgan fingerprint density at radius 1 is 0.391 bits per heavy atom. The summed E-state index contributed by atoms with van der Waals surface area (Å²) in [6.45, 7) is 0.648. The Kier molecular flexibility index (Phi) is 16.0. The average Bonchev–Trinajstić information content (AvgIpc) is 2.91. The molecule has 0 heterocycles. The fraction of sp³-hybridized carbons (Fsp3) is 1.00. The van der Waals surface area contributed by atoms with E-state index in [4.69, 9.17) is 0 Å². The van der Waals surface area contributed by atoms with Crippen molar-refractivity contribution < 1.29 is 87.2 Å². The molecular weight excluding hydrogens is 703 g/mol. The third kappa shape index (κ3) is 9.24. The second-order valence-electron chi connectivity index (χ2n) is 10.7. The smallest absolute Gasteiger partial charge is 0.265 e. The summed E-state index contributed by atoms with van der Waals surface area (Å²) in [6.07, 6.45) is 3.81.